The molecule has 0 heterocycles. The van der Waals surface area contributed by atoms with E-state index >= 15 is 0 Å². The molecule has 0 aliphatic heterocycles. The second kappa shape index (κ2) is 9.42. The first-order chi connectivity index (χ1) is 10.2. The molecule has 3 N–H and O–H groups in total. The van der Waals surface area contributed by atoms with E-state index in [0.29, 0.717) is 19.1 Å². The van der Waals surface area contributed by atoms with Crippen molar-refractivity contribution < 1.29 is 4.74 Å². The van der Waals surface area contributed by atoms with E-state index in [2.05, 4.69) is 29.4 Å². The number of para-hydroxylation sites is 1. The first kappa shape index (κ1) is 18.4. The van der Waals surface area contributed by atoms with Gasteiger partial charge in [0.1, 0.15) is 0 Å². The maximum Gasteiger partial charge on any atom is 0.193 e. The highest BCUT2D eigenvalue weighted by Gasteiger charge is 2.02. The highest BCUT2D eigenvalue weighted by Crippen LogP contribution is 2.15. The van der Waals surface area contributed by atoms with E-state index in [1.54, 1.807) is 7.11 Å². The Morgan fingerprint density at radius 3 is 2.41 bits per heavy atom. The molecule has 0 aromatic heterocycles. The summed E-state index contributed by atoms with van der Waals surface area (Å²) in [6.07, 6.45) is 0. The summed E-state index contributed by atoms with van der Waals surface area (Å²) in [5, 5.41) is 3.13. The van der Waals surface area contributed by atoms with Crippen LogP contribution in [0, 0.1) is 6.92 Å². The van der Waals surface area contributed by atoms with Gasteiger partial charge in [0.15, 0.2) is 5.96 Å². The van der Waals surface area contributed by atoms with Crippen molar-refractivity contribution in [2.75, 3.05) is 12.4 Å². The molecule has 5 heteroatoms. The van der Waals surface area contributed by atoms with Gasteiger partial charge in [-0.2, -0.15) is 0 Å². The van der Waals surface area contributed by atoms with E-state index in [-0.39, 0.29) is 24.0 Å². The Kier molecular flexibility index (Phi) is 7.90. The highest BCUT2D eigenvalue weighted by molar-refractivity contribution is 14.0. The van der Waals surface area contributed by atoms with Gasteiger partial charge in [0.2, 0.25) is 0 Å². The largest absolute Gasteiger partial charge is 0.380 e. The standard InChI is InChI=1S/C17H21N3O.HI/c1-13-7-3-4-8-14(13)11-19-17(18)20-16-10-6-5-9-15(16)12-21-2;/h3-10H,11-12H2,1-2H3,(H3,18,19,20);1H. The van der Waals surface area contributed by atoms with Crippen LogP contribution in [0.3, 0.4) is 0 Å². The van der Waals surface area contributed by atoms with E-state index < -0.39 is 0 Å². The Bertz CT molecular complexity index is 629. The number of hydrogen-bond donors (Lipinski definition) is 2. The number of nitrogens with one attached hydrogen (secondary N) is 1. The summed E-state index contributed by atoms with van der Waals surface area (Å²) in [6, 6.07) is 16.1. The summed E-state index contributed by atoms with van der Waals surface area (Å²) in [5.41, 5.74) is 10.3. The second-order valence-corrected chi connectivity index (χ2v) is 4.84. The number of aryl methyl sites for hydroxylation is 1. The number of nitrogens with two attached hydrogens (primary N) is 1. The molecular weight excluding hydrogens is 389 g/mol. The molecule has 22 heavy (non-hydrogen) atoms. The minimum Gasteiger partial charge on any atom is -0.380 e. The molecule has 118 valence electrons. The lowest BCUT2D eigenvalue weighted by Crippen LogP contribution is -2.23. The average Bonchev–Trinajstić information content (AvgIpc) is 2.49. The van der Waals surface area contributed by atoms with Crippen molar-refractivity contribution in [2.45, 2.75) is 20.1 Å². The predicted octanol–water partition coefficient (Wildman–Crippen LogP) is 3.69. The Labute approximate surface area is 148 Å². The fourth-order valence-corrected chi connectivity index (χ4v) is 2.06. The first-order valence-electron chi connectivity index (χ1n) is 6.89. The Morgan fingerprint density at radius 2 is 1.73 bits per heavy atom. The van der Waals surface area contributed by atoms with E-state index in [9.17, 15) is 0 Å². The Balaban J connectivity index is 0.00000242. The number of hydrogen-bond acceptors (Lipinski definition) is 2. The molecule has 0 amide bonds. The van der Waals surface area contributed by atoms with Gasteiger partial charge in [-0.3, -0.25) is 0 Å². The minimum atomic E-state index is 0. The van der Waals surface area contributed by atoms with Gasteiger partial charge in [-0.15, -0.1) is 24.0 Å². The summed E-state index contributed by atoms with van der Waals surface area (Å²) in [7, 11) is 1.67. The molecule has 0 fully saturated rings. The van der Waals surface area contributed by atoms with Gasteiger partial charge in [0, 0.05) is 18.4 Å². The van der Waals surface area contributed by atoms with Crippen LogP contribution >= 0.6 is 24.0 Å². The predicted molar refractivity (Wildman–Crippen MR) is 103 cm³/mol. The number of anilines is 1. The van der Waals surface area contributed by atoms with Gasteiger partial charge in [-0.25, -0.2) is 4.99 Å². The van der Waals surface area contributed by atoms with E-state index in [1.165, 1.54) is 11.1 Å². The van der Waals surface area contributed by atoms with Crippen molar-refractivity contribution in [3.63, 3.8) is 0 Å². The van der Waals surface area contributed by atoms with Crippen molar-refractivity contribution in [3.05, 3.63) is 65.2 Å². The summed E-state index contributed by atoms with van der Waals surface area (Å²) >= 11 is 0. The average molecular weight is 411 g/mol. The third kappa shape index (κ3) is 5.31. The maximum atomic E-state index is 5.97. The number of ether oxygens (including phenoxy) is 1. The molecule has 2 rings (SSSR count). The molecule has 0 spiro atoms. The molecule has 0 saturated carbocycles. The Hall–Kier alpha value is -1.60. The van der Waals surface area contributed by atoms with Gasteiger partial charge in [0.25, 0.3) is 0 Å². The number of methoxy groups -OCH3 is 1. The summed E-state index contributed by atoms with van der Waals surface area (Å²) in [5.74, 6) is 0.404. The van der Waals surface area contributed by atoms with E-state index in [1.807, 2.05) is 36.4 Å². The minimum absolute atomic E-state index is 0. The first-order valence-corrected chi connectivity index (χ1v) is 6.89. The molecular formula is C17H22IN3O. The summed E-state index contributed by atoms with van der Waals surface area (Å²) in [4.78, 5) is 4.39. The molecule has 2 aromatic rings. The zero-order valence-electron chi connectivity index (χ0n) is 12.9. The van der Waals surface area contributed by atoms with Gasteiger partial charge < -0.3 is 15.8 Å². The van der Waals surface area contributed by atoms with Crippen molar-refractivity contribution in [1.82, 2.24) is 0 Å². The number of benzene rings is 2. The SMILES string of the molecule is COCc1ccccc1NC(N)=NCc1ccccc1C.I. The lowest BCUT2D eigenvalue weighted by molar-refractivity contribution is 0.185. The van der Waals surface area contributed by atoms with Crippen LogP contribution < -0.4 is 11.1 Å². The van der Waals surface area contributed by atoms with Gasteiger partial charge in [0.05, 0.1) is 13.2 Å². The monoisotopic (exact) mass is 411 g/mol. The van der Waals surface area contributed by atoms with Crippen LogP contribution in [0.5, 0.6) is 0 Å². The molecule has 0 aliphatic rings. The fourth-order valence-electron chi connectivity index (χ4n) is 2.06. The molecule has 2 aromatic carbocycles. The summed E-state index contributed by atoms with van der Waals surface area (Å²) < 4.78 is 5.17. The third-order valence-corrected chi connectivity index (χ3v) is 3.26. The van der Waals surface area contributed by atoms with Crippen molar-refractivity contribution in [1.29, 1.82) is 0 Å². The van der Waals surface area contributed by atoms with Crippen molar-refractivity contribution >= 4 is 35.6 Å². The zero-order valence-corrected chi connectivity index (χ0v) is 15.2. The van der Waals surface area contributed by atoms with Crippen LogP contribution in [-0.4, -0.2) is 13.1 Å². The van der Waals surface area contributed by atoms with Crippen LogP contribution in [0.15, 0.2) is 53.5 Å². The fraction of sp³-hybridized carbons (Fsp3) is 0.235. The van der Waals surface area contributed by atoms with Crippen LogP contribution in [0.1, 0.15) is 16.7 Å². The number of halogens is 1. The lowest BCUT2D eigenvalue weighted by Gasteiger charge is -2.11. The molecule has 0 saturated heterocycles. The zero-order chi connectivity index (χ0) is 15.1. The number of nitrogens with zero attached hydrogens (tertiary/aromatic N) is 1. The molecule has 0 unspecified atom stereocenters. The van der Waals surface area contributed by atoms with Gasteiger partial charge in [-0.1, -0.05) is 42.5 Å². The lowest BCUT2D eigenvalue weighted by atomic mass is 10.1. The topological polar surface area (TPSA) is 59.6 Å². The number of guanidine groups is 1. The maximum absolute atomic E-state index is 5.97. The summed E-state index contributed by atoms with van der Waals surface area (Å²) in [6.45, 7) is 3.18. The molecule has 0 bridgehead atoms. The van der Waals surface area contributed by atoms with Crippen LogP contribution in [0.2, 0.25) is 0 Å². The van der Waals surface area contributed by atoms with E-state index in [0.717, 1.165) is 11.3 Å². The van der Waals surface area contributed by atoms with Crippen LogP contribution in [-0.2, 0) is 17.9 Å². The quantitative estimate of drug-likeness (QED) is 0.448. The Morgan fingerprint density at radius 1 is 1.09 bits per heavy atom. The van der Waals surface area contributed by atoms with Gasteiger partial charge >= 0.3 is 0 Å². The molecule has 0 atom stereocenters. The second-order valence-electron chi connectivity index (χ2n) is 4.84. The van der Waals surface area contributed by atoms with Gasteiger partial charge in [-0.05, 0) is 24.1 Å². The van der Waals surface area contributed by atoms with Crippen LogP contribution in [0.4, 0.5) is 5.69 Å². The number of rotatable bonds is 5. The smallest absolute Gasteiger partial charge is 0.193 e. The van der Waals surface area contributed by atoms with Crippen molar-refractivity contribution in [3.8, 4) is 0 Å². The molecule has 0 radical (unpaired) electrons. The van der Waals surface area contributed by atoms with Crippen LogP contribution in [0.25, 0.3) is 0 Å². The van der Waals surface area contributed by atoms with E-state index in [4.69, 9.17) is 10.5 Å². The molecule has 4 nitrogen and oxygen atoms in total. The number of aliphatic imine (C=N–C) groups is 1. The van der Waals surface area contributed by atoms with Crippen molar-refractivity contribution in [2.24, 2.45) is 10.7 Å². The third-order valence-electron chi connectivity index (χ3n) is 3.26. The molecule has 0 aliphatic carbocycles. The normalized spacial score (nSPS) is 10.9. The highest BCUT2D eigenvalue weighted by atomic mass is 127.